The predicted octanol–water partition coefficient (Wildman–Crippen LogP) is 1.52. The van der Waals surface area contributed by atoms with E-state index in [0.717, 1.165) is 0 Å². The summed E-state index contributed by atoms with van der Waals surface area (Å²) in [5, 5.41) is 2.55. The van der Waals surface area contributed by atoms with Crippen LogP contribution in [0.4, 0.5) is 8.78 Å². The largest absolute Gasteiger partial charge is 0.381 e. The summed E-state index contributed by atoms with van der Waals surface area (Å²) in [7, 11) is 0. The van der Waals surface area contributed by atoms with Crippen LogP contribution in [0.1, 0.15) is 12.8 Å². The lowest BCUT2D eigenvalue weighted by atomic mass is 10.3. The monoisotopic (exact) mass is 133 g/mol. The van der Waals surface area contributed by atoms with Gasteiger partial charge < -0.3 is 5.32 Å². The first-order valence-electron chi connectivity index (χ1n) is 2.88. The van der Waals surface area contributed by atoms with Crippen LogP contribution in [0.25, 0.3) is 0 Å². The minimum absolute atomic E-state index is 0.566. The number of halogens is 2. The molecule has 1 nitrogen and oxygen atoms in total. The van der Waals surface area contributed by atoms with Crippen molar-refractivity contribution < 1.29 is 8.78 Å². The van der Waals surface area contributed by atoms with Crippen LogP contribution in [-0.4, -0.2) is 12.0 Å². The van der Waals surface area contributed by atoms with Gasteiger partial charge in [-0.15, -0.1) is 0 Å². The highest BCUT2D eigenvalue weighted by atomic mass is 19.3. The maximum Gasteiger partial charge on any atom is 0.261 e. The summed E-state index contributed by atoms with van der Waals surface area (Å²) >= 11 is 0. The third kappa shape index (κ3) is 1.04. The van der Waals surface area contributed by atoms with Crippen LogP contribution in [0.15, 0.2) is 12.8 Å². The summed E-state index contributed by atoms with van der Waals surface area (Å²) < 4.78 is 23.9. The third-order valence-corrected chi connectivity index (χ3v) is 1.60. The maximum absolute atomic E-state index is 12.0. The fraction of sp³-hybridized carbons (Fsp3) is 0.667. The zero-order chi connectivity index (χ0) is 6.91. The molecule has 0 aromatic carbocycles. The molecular formula is C6H9F2N. The highest BCUT2D eigenvalue weighted by Crippen LogP contribution is 2.40. The molecule has 0 atom stereocenters. The molecule has 0 amide bonds. The second kappa shape index (κ2) is 1.97. The summed E-state index contributed by atoms with van der Waals surface area (Å²) in [4.78, 5) is 0. The van der Waals surface area contributed by atoms with Gasteiger partial charge in [0.25, 0.3) is 6.43 Å². The van der Waals surface area contributed by atoms with Crippen LogP contribution in [0.3, 0.4) is 0 Å². The first kappa shape index (κ1) is 6.52. The van der Waals surface area contributed by atoms with Crippen molar-refractivity contribution in [1.29, 1.82) is 0 Å². The summed E-state index contributed by atoms with van der Waals surface area (Å²) in [6.07, 6.45) is 0.211. The van der Waals surface area contributed by atoms with Crippen LogP contribution in [0, 0.1) is 0 Å². The molecule has 1 aliphatic rings. The van der Waals surface area contributed by atoms with Crippen molar-refractivity contribution >= 4 is 0 Å². The van der Waals surface area contributed by atoms with Crippen LogP contribution in [0.2, 0.25) is 0 Å². The van der Waals surface area contributed by atoms with Crippen molar-refractivity contribution in [1.82, 2.24) is 5.32 Å². The lowest BCUT2D eigenvalue weighted by Crippen LogP contribution is -2.33. The first-order valence-corrected chi connectivity index (χ1v) is 2.88. The van der Waals surface area contributed by atoms with Gasteiger partial charge in [0.05, 0.1) is 5.54 Å². The summed E-state index contributed by atoms with van der Waals surface area (Å²) in [5.41, 5.74) is -0.901. The molecule has 0 aromatic heterocycles. The lowest BCUT2D eigenvalue weighted by molar-refractivity contribution is 0.0928. The molecule has 0 spiro atoms. The van der Waals surface area contributed by atoms with Crippen molar-refractivity contribution in [2.24, 2.45) is 0 Å². The Balaban J connectivity index is 2.42. The average molecular weight is 133 g/mol. The Morgan fingerprint density at radius 3 is 2.22 bits per heavy atom. The molecule has 0 saturated heterocycles. The molecule has 1 fully saturated rings. The molecule has 0 heterocycles. The van der Waals surface area contributed by atoms with Crippen LogP contribution < -0.4 is 5.32 Å². The van der Waals surface area contributed by atoms with Gasteiger partial charge in [-0.25, -0.2) is 8.78 Å². The lowest BCUT2D eigenvalue weighted by Gasteiger charge is -2.12. The van der Waals surface area contributed by atoms with E-state index in [9.17, 15) is 8.78 Å². The predicted molar refractivity (Wildman–Crippen MR) is 31.3 cm³/mol. The Labute approximate surface area is 52.7 Å². The molecular weight excluding hydrogens is 124 g/mol. The Bertz CT molecular complexity index is 118. The molecule has 0 bridgehead atoms. The Morgan fingerprint density at radius 1 is 1.56 bits per heavy atom. The molecule has 1 saturated carbocycles. The molecule has 52 valence electrons. The SMILES string of the molecule is C=CNC1(C(F)F)CC1. The Hall–Kier alpha value is -0.600. The molecule has 1 rings (SSSR count). The molecule has 0 aromatic rings. The van der Waals surface area contributed by atoms with Gasteiger partial charge in [0, 0.05) is 0 Å². The van der Waals surface area contributed by atoms with Gasteiger partial charge >= 0.3 is 0 Å². The van der Waals surface area contributed by atoms with E-state index in [-0.39, 0.29) is 0 Å². The van der Waals surface area contributed by atoms with Crippen LogP contribution in [-0.2, 0) is 0 Å². The zero-order valence-electron chi connectivity index (χ0n) is 5.03. The molecule has 1 aliphatic carbocycles. The molecule has 0 aliphatic heterocycles. The van der Waals surface area contributed by atoms with E-state index in [2.05, 4.69) is 11.9 Å². The molecule has 3 heteroatoms. The minimum Gasteiger partial charge on any atom is -0.381 e. The second-order valence-corrected chi connectivity index (χ2v) is 2.31. The van der Waals surface area contributed by atoms with E-state index in [1.807, 2.05) is 0 Å². The van der Waals surface area contributed by atoms with E-state index in [4.69, 9.17) is 0 Å². The smallest absolute Gasteiger partial charge is 0.261 e. The topological polar surface area (TPSA) is 12.0 Å². The van der Waals surface area contributed by atoms with Crippen LogP contribution in [0.5, 0.6) is 0 Å². The number of hydrogen-bond donors (Lipinski definition) is 1. The Kier molecular flexibility index (Phi) is 1.43. The minimum atomic E-state index is -2.25. The summed E-state index contributed by atoms with van der Waals surface area (Å²) in [5.74, 6) is 0. The second-order valence-electron chi connectivity index (χ2n) is 2.31. The van der Waals surface area contributed by atoms with Gasteiger partial charge in [-0.2, -0.15) is 0 Å². The number of alkyl halides is 2. The van der Waals surface area contributed by atoms with E-state index in [0.29, 0.717) is 12.8 Å². The number of rotatable bonds is 3. The highest BCUT2D eigenvalue weighted by molar-refractivity contribution is 5.06. The molecule has 9 heavy (non-hydrogen) atoms. The zero-order valence-corrected chi connectivity index (χ0v) is 5.03. The van der Waals surface area contributed by atoms with Crippen molar-refractivity contribution in [3.05, 3.63) is 12.8 Å². The van der Waals surface area contributed by atoms with Gasteiger partial charge in [0.2, 0.25) is 0 Å². The molecule has 0 unspecified atom stereocenters. The highest BCUT2D eigenvalue weighted by Gasteiger charge is 2.50. The summed E-state index contributed by atoms with van der Waals surface area (Å²) in [6.45, 7) is 3.32. The number of hydrogen-bond acceptors (Lipinski definition) is 1. The van der Waals surface area contributed by atoms with Crippen molar-refractivity contribution in [2.45, 2.75) is 24.8 Å². The normalized spacial score (nSPS) is 21.7. The first-order chi connectivity index (χ1) is 4.21. The van der Waals surface area contributed by atoms with Gasteiger partial charge in [0.15, 0.2) is 0 Å². The standard InChI is InChI=1S/C6H9F2N/c1-2-9-6(3-4-6)5(7)8/h2,5,9H,1,3-4H2. The average Bonchev–Trinajstić information content (AvgIpc) is 2.49. The maximum atomic E-state index is 12.0. The molecule has 0 radical (unpaired) electrons. The summed E-state index contributed by atoms with van der Waals surface area (Å²) in [6, 6.07) is 0. The van der Waals surface area contributed by atoms with Gasteiger partial charge in [-0.1, -0.05) is 6.58 Å². The fourth-order valence-corrected chi connectivity index (χ4v) is 0.763. The van der Waals surface area contributed by atoms with Crippen molar-refractivity contribution in [2.75, 3.05) is 0 Å². The van der Waals surface area contributed by atoms with Crippen molar-refractivity contribution in [3.63, 3.8) is 0 Å². The molecule has 1 N–H and O–H groups in total. The third-order valence-electron chi connectivity index (χ3n) is 1.60. The quantitative estimate of drug-likeness (QED) is 0.615. The van der Waals surface area contributed by atoms with Crippen LogP contribution >= 0.6 is 0 Å². The number of nitrogens with one attached hydrogen (secondary N) is 1. The van der Waals surface area contributed by atoms with Gasteiger partial charge in [-0.05, 0) is 19.0 Å². The Morgan fingerprint density at radius 2 is 2.11 bits per heavy atom. The van der Waals surface area contributed by atoms with E-state index < -0.39 is 12.0 Å². The van der Waals surface area contributed by atoms with E-state index >= 15 is 0 Å². The van der Waals surface area contributed by atoms with Crippen molar-refractivity contribution in [3.8, 4) is 0 Å². The van der Waals surface area contributed by atoms with E-state index in [1.165, 1.54) is 6.20 Å². The van der Waals surface area contributed by atoms with E-state index in [1.54, 1.807) is 0 Å². The fourth-order valence-electron chi connectivity index (χ4n) is 0.763. The van der Waals surface area contributed by atoms with Gasteiger partial charge in [-0.3, -0.25) is 0 Å². The van der Waals surface area contributed by atoms with Gasteiger partial charge in [0.1, 0.15) is 0 Å².